The van der Waals surface area contributed by atoms with Crippen LogP contribution in [0.5, 0.6) is 5.75 Å². The number of thioether (sulfide) groups is 1. The largest absolute Gasteiger partial charge is 0.508 e. The van der Waals surface area contributed by atoms with Gasteiger partial charge in [0, 0.05) is 11.6 Å². The summed E-state index contributed by atoms with van der Waals surface area (Å²) in [4.78, 5) is 12.1. The lowest BCUT2D eigenvalue weighted by molar-refractivity contribution is 0.0971. The van der Waals surface area contributed by atoms with E-state index in [1.54, 1.807) is 56.7 Å². The molecule has 2 aromatic rings. The van der Waals surface area contributed by atoms with Crippen molar-refractivity contribution < 1.29 is 14.6 Å². The highest BCUT2D eigenvalue weighted by atomic mass is 32.9. The van der Waals surface area contributed by atoms with Crippen molar-refractivity contribution in [3.63, 3.8) is 0 Å². The van der Waals surface area contributed by atoms with Crippen LogP contribution in [0.1, 0.15) is 10.4 Å². The third kappa shape index (κ3) is 3.98. The molecule has 0 bridgehead atoms. The molecule has 0 amide bonds. The minimum absolute atomic E-state index is 0.0799. The first-order valence-corrected chi connectivity index (χ1v) is 10.1. The SMILES string of the molecule is O=C(CSc1cc(=[N+]2CCOCC2)ss1)c1ccc(O)cc1. The van der Waals surface area contributed by atoms with Crippen LogP contribution in [0.2, 0.25) is 0 Å². The predicted molar refractivity (Wildman–Crippen MR) is 91.2 cm³/mol. The number of hydrogen-bond donors (Lipinski definition) is 1. The number of hydrogen-bond acceptors (Lipinski definition) is 6. The van der Waals surface area contributed by atoms with Crippen LogP contribution < -0.4 is 9.25 Å². The topological polar surface area (TPSA) is 49.5 Å². The molecule has 1 aliphatic heterocycles. The van der Waals surface area contributed by atoms with Crippen molar-refractivity contribution in [2.45, 2.75) is 4.21 Å². The van der Waals surface area contributed by atoms with Crippen LogP contribution in [0, 0.1) is 0 Å². The number of Topliss-reactive ketones (excluding diaryl/α,β-unsaturated/α-hetero) is 1. The van der Waals surface area contributed by atoms with E-state index in [0.717, 1.165) is 26.3 Å². The maximum absolute atomic E-state index is 12.1. The highest BCUT2D eigenvalue weighted by molar-refractivity contribution is 8.03. The number of rotatable bonds is 4. The van der Waals surface area contributed by atoms with Crippen LogP contribution >= 0.6 is 32.4 Å². The van der Waals surface area contributed by atoms with Gasteiger partial charge in [0.1, 0.15) is 19.0 Å². The van der Waals surface area contributed by atoms with Gasteiger partial charge in [0.15, 0.2) is 18.9 Å². The molecule has 0 unspecified atom stereocenters. The van der Waals surface area contributed by atoms with E-state index >= 15 is 0 Å². The van der Waals surface area contributed by atoms with E-state index in [4.69, 9.17) is 4.74 Å². The Labute approximate surface area is 140 Å². The van der Waals surface area contributed by atoms with Crippen molar-refractivity contribution in [2.24, 2.45) is 0 Å². The Morgan fingerprint density at radius 1 is 1.23 bits per heavy atom. The fraction of sp³-hybridized carbons (Fsp3) is 0.333. The van der Waals surface area contributed by atoms with Gasteiger partial charge in [-0.05, 0) is 34.6 Å². The Balaban J connectivity index is 1.63. The Bertz CT molecular complexity index is 710. The van der Waals surface area contributed by atoms with E-state index in [-0.39, 0.29) is 11.5 Å². The average Bonchev–Trinajstić information content (AvgIpc) is 3.03. The highest BCUT2D eigenvalue weighted by Gasteiger charge is 2.14. The van der Waals surface area contributed by atoms with Crippen LogP contribution in [0.25, 0.3) is 0 Å². The molecule has 1 aliphatic rings. The molecule has 0 radical (unpaired) electrons. The van der Waals surface area contributed by atoms with E-state index in [9.17, 15) is 9.90 Å². The Hall–Kier alpha value is -1.15. The normalized spacial score (nSPS) is 15.0. The summed E-state index contributed by atoms with van der Waals surface area (Å²) in [6.45, 7) is 3.43. The quantitative estimate of drug-likeness (QED) is 0.396. The number of phenolic OH excluding ortho intramolecular Hbond substituents is 1. The van der Waals surface area contributed by atoms with Gasteiger partial charge in [-0.25, -0.2) is 4.58 Å². The van der Waals surface area contributed by atoms with Crippen LogP contribution in [0.15, 0.2) is 34.5 Å². The van der Waals surface area contributed by atoms with Crippen LogP contribution in [0.4, 0.5) is 0 Å². The second kappa shape index (κ2) is 7.41. The maximum Gasteiger partial charge on any atom is 0.268 e. The third-order valence-electron chi connectivity index (χ3n) is 3.31. The summed E-state index contributed by atoms with van der Waals surface area (Å²) in [5, 5.41) is 9.25. The molecule has 0 aliphatic carbocycles. The summed E-state index contributed by atoms with van der Waals surface area (Å²) in [7, 11) is 3.47. The maximum atomic E-state index is 12.1. The van der Waals surface area contributed by atoms with Crippen molar-refractivity contribution in [3.8, 4) is 5.75 Å². The van der Waals surface area contributed by atoms with Gasteiger partial charge in [0.25, 0.3) is 4.67 Å². The van der Waals surface area contributed by atoms with E-state index in [0.29, 0.717) is 11.3 Å². The number of ketones is 1. The minimum atomic E-state index is 0.0799. The van der Waals surface area contributed by atoms with Crippen molar-refractivity contribution in [1.82, 2.24) is 4.58 Å². The van der Waals surface area contributed by atoms with Gasteiger partial charge < -0.3 is 9.84 Å². The van der Waals surface area contributed by atoms with E-state index < -0.39 is 0 Å². The Morgan fingerprint density at radius 2 is 1.95 bits per heavy atom. The number of phenols is 1. The molecule has 1 N–H and O–H groups in total. The number of benzene rings is 1. The second-order valence-electron chi connectivity index (χ2n) is 4.83. The van der Waals surface area contributed by atoms with Crippen LogP contribution in [-0.4, -0.2) is 42.9 Å². The van der Waals surface area contributed by atoms with Gasteiger partial charge >= 0.3 is 0 Å². The van der Waals surface area contributed by atoms with Crippen LogP contribution in [-0.2, 0) is 4.74 Å². The van der Waals surface area contributed by atoms with E-state index in [1.807, 2.05) is 0 Å². The van der Waals surface area contributed by atoms with Gasteiger partial charge in [-0.2, -0.15) is 0 Å². The summed E-state index contributed by atoms with van der Waals surface area (Å²) in [5.74, 6) is 0.677. The molecule has 0 spiro atoms. The van der Waals surface area contributed by atoms with Gasteiger partial charge in [-0.15, -0.1) is 11.8 Å². The minimum Gasteiger partial charge on any atom is -0.508 e. The zero-order valence-corrected chi connectivity index (χ0v) is 14.3. The number of carbonyl (C=O) groups is 1. The standard InChI is InChI=1S/C15H15NO3S3/c17-12-3-1-11(2-4-12)13(18)10-20-15-9-14(21-22-15)16-5-7-19-8-6-16/h1-4,9H,5-8,10H2/p+1. The van der Waals surface area contributed by atoms with Crippen molar-refractivity contribution in [3.05, 3.63) is 40.6 Å². The first-order chi connectivity index (χ1) is 10.7. The number of carbonyl (C=O) groups excluding carboxylic acids is 1. The Morgan fingerprint density at radius 3 is 2.68 bits per heavy atom. The smallest absolute Gasteiger partial charge is 0.268 e. The lowest BCUT2D eigenvalue weighted by Crippen LogP contribution is -2.38. The number of ether oxygens (including phenoxy) is 1. The molecular weight excluding hydrogens is 338 g/mol. The molecule has 1 fully saturated rings. The molecular formula is C15H16NO3S3+. The first-order valence-electron chi connectivity index (χ1n) is 6.93. The summed E-state index contributed by atoms with van der Waals surface area (Å²) >= 11 is 1.57. The molecule has 1 aromatic heterocycles. The highest BCUT2D eigenvalue weighted by Crippen LogP contribution is 2.25. The van der Waals surface area contributed by atoms with Crippen LogP contribution in [0.3, 0.4) is 0 Å². The predicted octanol–water partition coefficient (Wildman–Crippen LogP) is 2.29. The summed E-state index contributed by atoms with van der Waals surface area (Å²) in [6, 6.07) is 8.57. The molecule has 1 aromatic carbocycles. The molecule has 3 rings (SSSR count). The molecule has 22 heavy (non-hydrogen) atoms. The van der Waals surface area contributed by atoms with Gasteiger partial charge in [-0.1, -0.05) is 10.3 Å². The Kier molecular flexibility index (Phi) is 5.30. The van der Waals surface area contributed by atoms with Gasteiger partial charge in [0.2, 0.25) is 0 Å². The molecule has 1 saturated heterocycles. The first kappa shape index (κ1) is 15.7. The fourth-order valence-corrected chi connectivity index (χ4v) is 5.87. The fourth-order valence-electron chi connectivity index (χ4n) is 2.09. The zero-order chi connectivity index (χ0) is 15.4. The lowest BCUT2D eigenvalue weighted by Gasteiger charge is -2.09. The molecule has 4 nitrogen and oxygen atoms in total. The monoisotopic (exact) mass is 354 g/mol. The number of aromatic hydroxyl groups is 1. The second-order valence-corrected chi connectivity index (χ2v) is 8.29. The number of morpholine rings is 1. The average molecular weight is 354 g/mol. The van der Waals surface area contributed by atoms with Crippen molar-refractivity contribution in [2.75, 3.05) is 32.1 Å². The molecule has 0 saturated carbocycles. The molecule has 116 valence electrons. The molecule has 2 heterocycles. The zero-order valence-electron chi connectivity index (χ0n) is 11.9. The number of nitrogens with zero attached hydrogens (tertiary/aromatic N) is 1. The molecule has 0 atom stereocenters. The molecule has 7 heteroatoms. The van der Waals surface area contributed by atoms with E-state index in [2.05, 4.69) is 10.6 Å². The summed E-state index contributed by atoms with van der Waals surface area (Å²) in [6.07, 6.45) is 0. The van der Waals surface area contributed by atoms with E-state index in [1.165, 1.54) is 8.88 Å². The van der Waals surface area contributed by atoms with Crippen molar-refractivity contribution >= 4 is 38.2 Å². The summed E-state index contributed by atoms with van der Waals surface area (Å²) < 4.78 is 10.1. The van der Waals surface area contributed by atoms with Crippen molar-refractivity contribution in [1.29, 1.82) is 0 Å². The summed E-state index contributed by atoms with van der Waals surface area (Å²) in [5.41, 5.74) is 0.638. The third-order valence-corrected chi connectivity index (χ3v) is 7.25. The van der Waals surface area contributed by atoms with Gasteiger partial charge in [-0.3, -0.25) is 4.79 Å². The lowest BCUT2D eigenvalue weighted by atomic mass is 10.1. The van der Waals surface area contributed by atoms with Gasteiger partial charge in [0.05, 0.1) is 9.96 Å².